The first-order valence-corrected chi connectivity index (χ1v) is 8.76. The van der Waals surface area contributed by atoms with E-state index in [1.807, 2.05) is 24.3 Å². The van der Waals surface area contributed by atoms with Crippen molar-refractivity contribution in [2.24, 2.45) is 5.73 Å². The van der Waals surface area contributed by atoms with Crippen LogP contribution in [0.3, 0.4) is 0 Å². The molecule has 1 aromatic carbocycles. The number of sulfone groups is 1. The van der Waals surface area contributed by atoms with Crippen molar-refractivity contribution in [3.05, 3.63) is 35.4 Å². The number of nitrogens with two attached hydrogens (primary N) is 1. The molecule has 0 spiro atoms. The lowest BCUT2D eigenvalue weighted by Crippen LogP contribution is -2.05. The molecule has 2 N–H and O–H groups in total. The topological polar surface area (TPSA) is 60.2 Å². The first-order valence-electron chi connectivity index (χ1n) is 5.54. The molecule has 0 saturated carbocycles. The molecule has 0 saturated heterocycles. The van der Waals surface area contributed by atoms with E-state index < -0.39 is 9.84 Å². The van der Waals surface area contributed by atoms with Crippen LogP contribution < -0.4 is 5.73 Å². The van der Waals surface area contributed by atoms with Gasteiger partial charge in [-0.1, -0.05) is 24.0 Å². The van der Waals surface area contributed by atoms with Crippen molar-refractivity contribution in [3.63, 3.8) is 0 Å². The lowest BCUT2D eigenvalue weighted by atomic mass is 10.1. The molecule has 0 unspecified atom stereocenters. The van der Waals surface area contributed by atoms with Crippen LogP contribution in [0.5, 0.6) is 0 Å². The molecule has 98 valence electrons. The Hall–Kier alpha value is -0.960. The van der Waals surface area contributed by atoms with Gasteiger partial charge in [0.05, 0.1) is 12.3 Å². The van der Waals surface area contributed by atoms with Crippen molar-refractivity contribution in [3.8, 4) is 11.8 Å². The summed E-state index contributed by atoms with van der Waals surface area (Å²) in [5, 5.41) is 0. The van der Waals surface area contributed by atoms with Gasteiger partial charge < -0.3 is 5.73 Å². The normalized spacial score (nSPS) is 10.8. The molecule has 18 heavy (non-hydrogen) atoms. The molecule has 0 heterocycles. The standard InChI is InChI=1S/C13H17NO2S2/c1-18(15,16)10-9-17-11-13-6-4-12(5-7-13)3-2-8-14/h4-7H,8-11,14H2,1H3. The SMILES string of the molecule is CS(=O)(=O)CCSCc1ccc(C#CCN)cc1. The van der Waals surface area contributed by atoms with E-state index in [2.05, 4.69) is 11.8 Å². The van der Waals surface area contributed by atoms with Crippen LogP contribution in [-0.2, 0) is 15.6 Å². The molecule has 0 fully saturated rings. The Morgan fingerprint density at radius 1 is 1.28 bits per heavy atom. The van der Waals surface area contributed by atoms with Gasteiger partial charge in [0.15, 0.2) is 0 Å². The summed E-state index contributed by atoms with van der Waals surface area (Å²) in [6.07, 6.45) is 1.26. The van der Waals surface area contributed by atoms with E-state index >= 15 is 0 Å². The molecule has 0 radical (unpaired) electrons. The summed E-state index contributed by atoms with van der Waals surface area (Å²) in [5.41, 5.74) is 7.42. The highest BCUT2D eigenvalue weighted by atomic mass is 32.2. The Morgan fingerprint density at radius 3 is 2.50 bits per heavy atom. The Labute approximate surface area is 113 Å². The fourth-order valence-corrected chi connectivity index (χ4v) is 3.49. The van der Waals surface area contributed by atoms with E-state index in [1.54, 1.807) is 11.8 Å². The van der Waals surface area contributed by atoms with E-state index in [1.165, 1.54) is 11.8 Å². The molecule has 0 aliphatic rings. The van der Waals surface area contributed by atoms with Gasteiger partial charge in [-0.25, -0.2) is 8.42 Å². The van der Waals surface area contributed by atoms with Crippen LogP contribution in [0.4, 0.5) is 0 Å². The maximum absolute atomic E-state index is 10.9. The van der Waals surface area contributed by atoms with Gasteiger partial charge in [-0.3, -0.25) is 0 Å². The number of hydrogen-bond donors (Lipinski definition) is 1. The zero-order valence-corrected chi connectivity index (χ0v) is 12.0. The minimum Gasteiger partial charge on any atom is -0.320 e. The lowest BCUT2D eigenvalue weighted by molar-refractivity contribution is 0.603. The van der Waals surface area contributed by atoms with Gasteiger partial charge in [-0.15, -0.1) is 0 Å². The molecule has 0 bridgehead atoms. The molecule has 3 nitrogen and oxygen atoms in total. The highest BCUT2D eigenvalue weighted by molar-refractivity contribution is 7.99. The zero-order valence-electron chi connectivity index (χ0n) is 10.3. The summed E-state index contributed by atoms with van der Waals surface area (Å²) in [6, 6.07) is 7.92. The highest BCUT2D eigenvalue weighted by Gasteiger charge is 2.01. The van der Waals surface area contributed by atoms with Gasteiger partial charge in [0, 0.05) is 23.3 Å². The maximum atomic E-state index is 10.9. The Kier molecular flexibility index (Phi) is 6.27. The minimum absolute atomic E-state index is 0.234. The molecular formula is C13H17NO2S2. The summed E-state index contributed by atoms with van der Waals surface area (Å²) < 4.78 is 21.9. The summed E-state index contributed by atoms with van der Waals surface area (Å²) in [6.45, 7) is 0.364. The third-order valence-electron chi connectivity index (χ3n) is 2.16. The zero-order chi connectivity index (χ0) is 13.4. The maximum Gasteiger partial charge on any atom is 0.148 e. The van der Waals surface area contributed by atoms with Crippen LogP contribution >= 0.6 is 11.8 Å². The van der Waals surface area contributed by atoms with Crippen LogP contribution in [0.1, 0.15) is 11.1 Å². The number of benzene rings is 1. The van der Waals surface area contributed by atoms with E-state index in [9.17, 15) is 8.42 Å². The van der Waals surface area contributed by atoms with Gasteiger partial charge in [0.2, 0.25) is 0 Å². The third-order valence-corrected chi connectivity index (χ3v) is 4.39. The molecule has 0 aliphatic carbocycles. The van der Waals surface area contributed by atoms with Crippen LogP contribution in [0.15, 0.2) is 24.3 Å². The van der Waals surface area contributed by atoms with E-state index in [0.29, 0.717) is 12.3 Å². The van der Waals surface area contributed by atoms with Gasteiger partial charge in [-0.05, 0) is 17.7 Å². The molecule has 0 atom stereocenters. The molecule has 0 aliphatic heterocycles. The molecule has 0 amide bonds. The van der Waals surface area contributed by atoms with Crippen LogP contribution in [0.25, 0.3) is 0 Å². The van der Waals surface area contributed by atoms with Crippen molar-refractivity contribution in [1.82, 2.24) is 0 Å². The van der Waals surface area contributed by atoms with Crippen molar-refractivity contribution in [2.45, 2.75) is 5.75 Å². The summed E-state index contributed by atoms with van der Waals surface area (Å²) in [4.78, 5) is 0. The summed E-state index contributed by atoms with van der Waals surface area (Å²) >= 11 is 1.62. The average molecular weight is 283 g/mol. The molecule has 1 rings (SSSR count). The number of hydrogen-bond acceptors (Lipinski definition) is 4. The van der Waals surface area contributed by atoms with Crippen molar-refractivity contribution >= 4 is 21.6 Å². The monoisotopic (exact) mass is 283 g/mol. The lowest BCUT2D eigenvalue weighted by Gasteiger charge is -2.01. The average Bonchev–Trinajstić information content (AvgIpc) is 2.32. The van der Waals surface area contributed by atoms with Gasteiger partial charge in [-0.2, -0.15) is 11.8 Å². The molecule has 5 heteroatoms. The minimum atomic E-state index is -2.85. The summed E-state index contributed by atoms with van der Waals surface area (Å²) in [7, 11) is -2.85. The fraction of sp³-hybridized carbons (Fsp3) is 0.385. The highest BCUT2D eigenvalue weighted by Crippen LogP contribution is 2.13. The fourth-order valence-electron chi connectivity index (χ4n) is 1.24. The van der Waals surface area contributed by atoms with Crippen LogP contribution in [-0.4, -0.2) is 32.7 Å². The van der Waals surface area contributed by atoms with Crippen molar-refractivity contribution in [1.29, 1.82) is 0 Å². The van der Waals surface area contributed by atoms with Crippen LogP contribution in [0, 0.1) is 11.8 Å². The van der Waals surface area contributed by atoms with Gasteiger partial charge in [0.1, 0.15) is 9.84 Å². The largest absolute Gasteiger partial charge is 0.320 e. The van der Waals surface area contributed by atoms with Crippen LogP contribution in [0.2, 0.25) is 0 Å². The number of thioether (sulfide) groups is 1. The second kappa shape index (κ2) is 7.47. The first kappa shape index (κ1) is 15.1. The Morgan fingerprint density at radius 2 is 1.94 bits per heavy atom. The molecule has 0 aromatic heterocycles. The summed E-state index contributed by atoms with van der Waals surface area (Å²) in [5.74, 6) is 7.44. The Bertz CT molecular complexity index is 524. The second-order valence-electron chi connectivity index (χ2n) is 3.89. The van der Waals surface area contributed by atoms with E-state index in [0.717, 1.165) is 11.3 Å². The van der Waals surface area contributed by atoms with E-state index in [4.69, 9.17) is 5.73 Å². The van der Waals surface area contributed by atoms with E-state index in [-0.39, 0.29) is 5.75 Å². The first-order chi connectivity index (χ1) is 8.51. The smallest absolute Gasteiger partial charge is 0.148 e. The molecule has 1 aromatic rings. The van der Waals surface area contributed by atoms with Gasteiger partial charge in [0.25, 0.3) is 0 Å². The molecular weight excluding hydrogens is 266 g/mol. The predicted molar refractivity (Wildman–Crippen MR) is 78.2 cm³/mol. The quantitative estimate of drug-likeness (QED) is 0.653. The number of rotatable bonds is 5. The second-order valence-corrected chi connectivity index (χ2v) is 7.25. The Balaban J connectivity index is 2.40. The third kappa shape index (κ3) is 6.70. The van der Waals surface area contributed by atoms with Crippen molar-refractivity contribution in [2.75, 3.05) is 24.3 Å². The predicted octanol–water partition coefficient (Wildman–Crippen LogP) is 1.27. The van der Waals surface area contributed by atoms with Crippen molar-refractivity contribution < 1.29 is 8.42 Å². The van der Waals surface area contributed by atoms with Gasteiger partial charge >= 0.3 is 0 Å².